The highest BCUT2D eigenvalue weighted by Crippen LogP contribution is 2.28. The molecule has 2 aromatic heterocycles. The van der Waals surface area contributed by atoms with Crippen LogP contribution in [-0.4, -0.2) is 42.5 Å². The normalized spacial score (nSPS) is 24.9. The Kier molecular flexibility index (Phi) is 4.57. The number of nitrogens with zero attached hydrogens (tertiary/aromatic N) is 4. The number of aliphatic hydroxyl groups excluding tert-OH is 1. The maximum absolute atomic E-state index is 12.1. The molecule has 23 heavy (non-hydrogen) atoms. The van der Waals surface area contributed by atoms with Crippen LogP contribution >= 0.6 is 0 Å². The van der Waals surface area contributed by atoms with Crippen LogP contribution < -0.4 is 5.32 Å². The van der Waals surface area contributed by atoms with Crippen molar-refractivity contribution < 1.29 is 9.90 Å². The van der Waals surface area contributed by atoms with Crippen LogP contribution in [0.25, 0.3) is 6.08 Å². The van der Waals surface area contributed by atoms with E-state index in [0.29, 0.717) is 0 Å². The monoisotopic (exact) mass is 315 g/mol. The molecule has 0 aromatic carbocycles. The van der Waals surface area contributed by atoms with E-state index in [2.05, 4.69) is 15.4 Å². The summed E-state index contributed by atoms with van der Waals surface area (Å²) >= 11 is 0. The maximum atomic E-state index is 12.1. The Morgan fingerprint density at radius 1 is 1.43 bits per heavy atom. The molecule has 0 aliphatic heterocycles. The second-order valence-corrected chi connectivity index (χ2v) is 5.83. The Hall–Kier alpha value is -2.41. The number of aromatic nitrogens is 4. The van der Waals surface area contributed by atoms with E-state index in [1.165, 1.54) is 6.08 Å². The van der Waals surface area contributed by atoms with Crippen LogP contribution in [0.1, 0.15) is 31.0 Å². The van der Waals surface area contributed by atoms with Crippen LogP contribution in [0.2, 0.25) is 0 Å². The highest BCUT2D eigenvalue weighted by Gasteiger charge is 2.33. The molecule has 1 saturated carbocycles. The molecule has 1 aliphatic carbocycles. The van der Waals surface area contributed by atoms with Gasteiger partial charge in [-0.05, 0) is 31.4 Å². The number of carbonyl (C=O) groups excluding carboxylic acids is 1. The second-order valence-electron chi connectivity index (χ2n) is 5.83. The van der Waals surface area contributed by atoms with Gasteiger partial charge < -0.3 is 15.0 Å². The topological polar surface area (TPSA) is 85.0 Å². The fraction of sp³-hybridized carbons (Fsp3) is 0.438. The lowest BCUT2D eigenvalue weighted by Crippen LogP contribution is -2.48. The van der Waals surface area contributed by atoms with Gasteiger partial charge in [0.15, 0.2) is 0 Å². The summed E-state index contributed by atoms with van der Waals surface area (Å²) < 4.78 is 3.60. The van der Waals surface area contributed by atoms with Crippen molar-refractivity contribution in [3.05, 3.63) is 42.8 Å². The second kappa shape index (κ2) is 6.78. The number of aliphatic hydroxyl groups is 1. The fourth-order valence-corrected chi connectivity index (χ4v) is 3.04. The Morgan fingerprint density at radius 2 is 2.30 bits per heavy atom. The van der Waals surface area contributed by atoms with Crippen molar-refractivity contribution in [2.45, 2.75) is 37.5 Å². The van der Waals surface area contributed by atoms with Crippen LogP contribution in [0.4, 0.5) is 0 Å². The SMILES string of the molecule is Cn1nccc1/C=C/C(=O)N[C@@H]1CCC[C@@H](n2ccnc2)[C@@H]1O. The molecule has 3 rings (SSSR count). The number of aryl methyl sites for hydroxylation is 1. The molecule has 7 nitrogen and oxygen atoms in total. The van der Waals surface area contributed by atoms with E-state index < -0.39 is 6.10 Å². The zero-order chi connectivity index (χ0) is 16.2. The average Bonchev–Trinajstić information content (AvgIpc) is 3.19. The van der Waals surface area contributed by atoms with E-state index in [-0.39, 0.29) is 18.0 Å². The third-order valence-electron chi connectivity index (χ3n) is 4.32. The van der Waals surface area contributed by atoms with Gasteiger partial charge >= 0.3 is 0 Å². The Balaban J connectivity index is 1.61. The molecular weight excluding hydrogens is 294 g/mol. The number of hydrogen-bond donors (Lipinski definition) is 2. The van der Waals surface area contributed by atoms with E-state index in [0.717, 1.165) is 25.0 Å². The van der Waals surface area contributed by atoms with Crippen molar-refractivity contribution in [1.29, 1.82) is 0 Å². The van der Waals surface area contributed by atoms with Gasteiger partial charge in [0.1, 0.15) is 0 Å². The van der Waals surface area contributed by atoms with Crippen LogP contribution in [0.15, 0.2) is 37.1 Å². The maximum Gasteiger partial charge on any atom is 0.244 e. The van der Waals surface area contributed by atoms with E-state index in [1.54, 1.807) is 29.5 Å². The standard InChI is InChI=1S/C16H21N5O2/c1-20-12(7-8-18-20)5-6-15(22)19-13-3-2-4-14(16(13)23)21-10-9-17-11-21/h5-11,13-14,16,23H,2-4H2,1H3,(H,19,22)/b6-5+/t13-,14-,16-/m1/s1. The first-order valence-electron chi connectivity index (χ1n) is 7.77. The van der Waals surface area contributed by atoms with Crippen molar-refractivity contribution in [3.63, 3.8) is 0 Å². The molecule has 7 heteroatoms. The smallest absolute Gasteiger partial charge is 0.244 e. The zero-order valence-electron chi connectivity index (χ0n) is 13.0. The highest BCUT2D eigenvalue weighted by molar-refractivity contribution is 5.91. The third-order valence-corrected chi connectivity index (χ3v) is 4.32. The van der Waals surface area contributed by atoms with E-state index in [9.17, 15) is 9.90 Å². The summed E-state index contributed by atoms with van der Waals surface area (Å²) in [5, 5.41) is 17.5. The van der Waals surface area contributed by atoms with E-state index in [1.807, 2.05) is 23.9 Å². The van der Waals surface area contributed by atoms with Crippen molar-refractivity contribution in [2.75, 3.05) is 0 Å². The summed E-state index contributed by atoms with van der Waals surface area (Å²) in [6, 6.07) is 1.53. The quantitative estimate of drug-likeness (QED) is 0.821. The Bertz CT molecular complexity index is 676. The number of hydrogen-bond acceptors (Lipinski definition) is 4. The molecular formula is C16H21N5O2. The molecule has 1 amide bonds. The molecule has 0 radical (unpaired) electrons. The summed E-state index contributed by atoms with van der Waals surface area (Å²) in [6.07, 6.45) is 12.1. The first-order chi connectivity index (χ1) is 11.1. The van der Waals surface area contributed by atoms with Crippen LogP contribution in [0.3, 0.4) is 0 Å². The summed E-state index contributed by atoms with van der Waals surface area (Å²) in [7, 11) is 1.82. The molecule has 0 bridgehead atoms. The van der Waals surface area contributed by atoms with Gasteiger partial charge in [-0.2, -0.15) is 5.10 Å². The van der Waals surface area contributed by atoms with Gasteiger partial charge in [0.2, 0.25) is 5.91 Å². The first-order valence-corrected chi connectivity index (χ1v) is 7.77. The van der Waals surface area contributed by atoms with Crippen molar-refractivity contribution in [1.82, 2.24) is 24.6 Å². The predicted octanol–water partition coefficient (Wildman–Crippen LogP) is 0.901. The Labute approximate surface area is 134 Å². The van der Waals surface area contributed by atoms with Gasteiger partial charge in [0.25, 0.3) is 0 Å². The first kappa shape index (κ1) is 15.5. The summed E-state index contributed by atoms with van der Waals surface area (Å²) in [6.45, 7) is 0. The number of carbonyl (C=O) groups is 1. The van der Waals surface area contributed by atoms with Gasteiger partial charge in [-0.25, -0.2) is 4.98 Å². The van der Waals surface area contributed by atoms with Gasteiger partial charge in [-0.1, -0.05) is 0 Å². The van der Waals surface area contributed by atoms with Gasteiger partial charge in [0, 0.05) is 31.7 Å². The van der Waals surface area contributed by atoms with Crippen LogP contribution in [0.5, 0.6) is 0 Å². The minimum atomic E-state index is -0.619. The van der Waals surface area contributed by atoms with Crippen molar-refractivity contribution in [3.8, 4) is 0 Å². The molecule has 0 unspecified atom stereocenters. The largest absolute Gasteiger partial charge is 0.389 e. The molecule has 1 aliphatic rings. The zero-order valence-corrected chi connectivity index (χ0v) is 13.0. The molecule has 1 fully saturated rings. The third kappa shape index (κ3) is 3.50. The Morgan fingerprint density at radius 3 is 3.00 bits per heavy atom. The molecule has 0 spiro atoms. The van der Waals surface area contributed by atoms with Crippen LogP contribution in [-0.2, 0) is 11.8 Å². The molecule has 2 heterocycles. The fourth-order valence-electron chi connectivity index (χ4n) is 3.04. The average molecular weight is 315 g/mol. The molecule has 2 N–H and O–H groups in total. The van der Waals surface area contributed by atoms with Crippen molar-refractivity contribution in [2.24, 2.45) is 7.05 Å². The summed E-state index contributed by atoms with van der Waals surface area (Å²) in [5.74, 6) is -0.207. The van der Waals surface area contributed by atoms with Gasteiger partial charge in [-0.3, -0.25) is 9.48 Å². The van der Waals surface area contributed by atoms with Gasteiger partial charge in [-0.15, -0.1) is 0 Å². The lowest BCUT2D eigenvalue weighted by Gasteiger charge is -2.35. The number of rotatable bonds is 4. The number of imidazole rings is 1. The minimum absolute atomic E-state index is 0.0439. The number of amides is 1. The highest BCUT2D eigenvalue weighted by atomic mass is 16.3. The summed E-state index contributed by atoms with van der Waals surface area (Å²) in [5.41, 5.74) is 0.848. The summed E-state index contributed by atoms with van der Waals surface area (Å²) in [4.78, 5) is 16.1. The minimum Gasteiger partial charge on any atom is -0.389 e. The number of nitrogens with one attached hydrogen (secondary N) is 1. The molecule has 0 saturated heterocycles. The van der Waals surface area contributed by atoms with Crippen molar-refractivity contribution >= 4 is 12.0 Å². The van der Waals surface area contributed by atoms with E-state index in [4.69, 9.17) is 0 Å². The van der Waals surface area contributed by atoms with Crippen LogP contribution in [0, 0.1) is 0 Å². The molecule has 2 aromatic rings. The lowest BCUT2D eigenvalue weighted by molar-refractivity contribution is -0.118. The van der Waals surface area contributed by atoms with Gasteiger partial charge in [0.05, 0.1) is 30.2 Å². The lowest BCUT2D eigenvalue weighted by atomic mass is 9.88. The molecule has 3 atom stereocenters. The molecule has 122 valence electrons. The predicted molar refractivity (Wildman–Crippen MR) is 85.3 cm³/mol. The van der Waals surface area contributed by atoms with E-state index >= 15 is 0 Å².